The third kappa shape index (κ3) is 3.50. The number of urea groups is 1. The lowest BCUT2D eigenvalue weighted by molar-refractivity contribution is -0.0784. The van der Waals surface area contributed by atoms with Gasteiger partial charge in [-0.2, -0.15) is 0 Å². The first kappa shape index (κ1) is 18.5. The van der Waals surface area contributed by atoms with Gasteiger partial charge in [0.15, 0.2) is 12.3 Å². The minimum absolute atomic E-state index is 0.274. The van der Waals surface area contributed by atoms with E-state index in [2.05, 4.69) is 18.3 Å². The SMILES string of the molecule is C=CN(C(=O)N=C)[C@@H]1O[C@@H]2CO[P@](=O)(OC(C)C)O[C@H]2[C@@]1(F)Cl. The number of nitrogens with zero attached hydrogens (tertiary/aromatic N) is 2. The van der Waals surface area contributed by atoms with Gasteiger partial charge in [0.2, 0.25) is 0 Å². The lowest BCUT2D eigenvalue weighted by Crippen LogP contribution is -2.49. The van der Waals surface area contributed by atoms with Gasteiger partial charge >= 0.3 is 13.9 Å². The normalized spacial score (nSPS) is 39.8. The van der Waals surface area contributed by atoms with E-state index < -0.39 is 43.5 Å². The fourth-order valence-corrected chi connectivity index (χ4v) is 4.22. The maximum Gasteiger partial charge on any atom is 0.475 e. The molecule has 11 heteroatoms. The number of amides is 2. The predicted octanol–water partition coefficient (Wildman–Crippen LogP) is 2.83. The zero-order chi connectivity index (χ0) is 17.4. The van der Waals surface area contributed by atoms with E-state index in [1.54, 1.807) is 13.8 Å². The van der Waals surface area contributed by atoms with E-state index in [9.17, 15) is 9.36 Å². The topological polar surface area (TPSA) is 86.7 Å². The number of carbonyl (C=O) groups is 1. The molecule has 2 fully saturated rings. The van der Waals surface area contributed by atoms with E-state index in [0.717, 1.165) is 11.1 Å². The van der Waals surface area contributed by atoms with E-state index in [1.165, 1.54) is 0 Å². The Morgan fingerprint density at radius 1 is 1.65 bits per heavy atom. The van der Waals surface area contributed by atoms with Crippen molar-refractivity contribution in [3.8, 4) is 0 Å². The summed E-state index contributed by atoms with van der Waals surface area (Å²) < 4.78 is 47.9. The molecule has 0 aliphatic carbocycles. The number of alkyl halides is 2. The summed E-state index contributed by atoms with van der Waals surface area (Å²) in [5, 5.41) is -2.71. The van der Waals surface area contributed by atoms with Crippen molar-refractivity contribution in [2.24, 2.45) is 4.99 Å². The molecule has 0 saturated carbocycles. The van der Waals surface area contributed by atoms with Crippen molar-refractivity contribution in [1.82, 2.24) is 4.90 Å². The first-order valence-corrected chi connectivity index (χ1v) is 8.54. The number of ether oxygens (including phenoxy) is 1. The molecule has 2 aliphatic rings. The molecule has 2 rings (SSSR count). The summed E-state index contributed by atoms with van der Waals surface area (Å²) in [7, 11) is -3.98. The predicted molar refractivity (Wildman–Crippen MR) is 80.0 cm³/mol. The number of aliphatic imine (C=N–C) groups is 1. The number of halogens is 2. The largest absolute Gasteiger partial charge is 0.475 e. The van der Waals surface area contributed by atoms with Crippen LogP contribution < -0.4 is 0 Å². The smallest absolute Gasteiger partial charge is 0.344 e. The molecule has 2 saturated heterocycles. The van der Waals surface area contributed by atoms with Gasteiger partial charge in [0.1, 0.15) is 6.10 Å². The first-order chi connectivity index (χ1) is 10.6. The fourth-order valence-electron chi connectivity index (χ4n) is 2.24. The van der Waals surface area contributed by atoms with Gasteiger partial charge in [-0.05, 0) is 20.6 Å². The quantitative estimate of drug-likeness (QED) is 0.429. The summed E-state index contributed by atoms with van der Waals surface area (Å²) in [5.41, 5.74) is 0. The maximum atomic E-state index is 15.0. The van der Waals surface area contributed by atoms with Crippen LogP contribution in [0.4, 0.5) is 9.18 Å². The summed E-state index contributed by atoms with van der Waals surface area (Å²) >= 11 is 5.89. The Balaban J connectivity index is 2.25. The molecule has 0 N–H and O–H groups in total. The minimum atomic E-state index is -3.98. The Labute approximate surface area is 137 Å². The highest BCUT2D eigenvalue weighted by Gasteiger charge is 2.64. The molecule has 0 aromatic heterocycles. The monoisotopic (exact) mass is 370 g/mol. The summed E-state index contributed by atoms with van der Waals surface area (Å²) in [4.78, 5) is 15.6. The fraction of sp³-hybridized carbons (Fsp3) is 0.667. The van der Waals surface area contributed by atoms with E-state index in [1.807, 2.05) is 0 Å². The van der Waals surface area contributed by atoms with Gasteiger partial charge in [0, 0.05) is 6.20 Å². The molecular formula is C12H17ClFN2O6P. The van der Waals surface area contributed by atoms with Crippen molar-refractivity contribution in [3.63, 3.8) is 0 Å². The second-order valence-electron chi connectivity index (χ2n) is 5.16. The average Bonchev–Trinajstić information content (AvgIpc) is 2.70. The van der Waals surface area contributed by atoms with Crippen molar-refractivity contribution in [1.29, 1.82) is 0 Å². The van der Waals surface area contributed by atoms with Crippen molar-refractivity contribution in [2.45, 2.75) is 43.5 Å². The molecule has 2 amide bonds. The number of rotatable bonds is 4. The Morgan fingerprint density at radius 2 is 2.30 bits per heavy atom. The summed E-state index contributed by atoms with van der Waals surface area (Å²) in [5.74, 6) is 0. The molecular weight excluding hydrogens is 354 g/mol. The molecule has 0 spiro atoms. The Kier molecular flexibility index (Phi) is 5.30. The number of fused-ring (bicyclic) bond motifs is 1. The van der Waals surface area contributed by atoms with Crippen molar-refractivity contribution >= 4 is 32.2 Å². The second kappa shape index (κ2) is 6.58. The standard InChI is InChI=1S/C12H17ClFN2O6P/c1-5-16(11(17)15-4)10-12(13,14)9-8(20-10)6-19-23(18,22-9)21-7(2)3/h5,7-10H,1,4,6H2,2-3H3/t8-,9-,10-,12+,23-/m1/s1. The Morgan fingerprint density at radius 3 is 2.83 bits per heavy atom. The summed E-state index contributed by atoms with van der Waals surface area (Å²) in [6.45, 7) is 9.41. The van der Waals surface area contributed by atoms with E-state index in [-0.39, 0.29) is 6.61 Å². The summed E-state index contributed by atoms with van der Waals surface area (Å²) in [6.07, 6.45) is -3.52. The molecule has 0 aromatic rings. The van der Waals surface area contributed by atoms with Gasteiger partial charge in [-0.15, -0.1) is 0 Å². The molecule has 8 nitrogen and oxygen atoms in total. The highest BCUT2D eigenvalue weighted by atomic mass is 35.5. The number of carbonyl (C=O) groups excluding carboxylic acids is 1. The zero-order valence-corrected chi connectivity index (χ0v) is 14.2. The van der Waals surface area contributed by atoms with Crippen LogP contribution >= 0.6 is 19.4 Å². The highest BCUT2D eigenvalue weighted by molar-refractivity contribution is 7.48. The maximum absolute atomic E-state index is 15.0. The third-order valence-corrected chi connectivity index (χ3v) is 5.17. The van der Waals surface area contributed by atoms with Gasteiger partial charge in [-0.1, -0.05) is 18.2 Å². The summed E-state index contributed by atoms with van der Waals surface area (Å²) in [6, 6.07) is -0.908. The molecule has 0 radical (unpaired) electrons. The zero-order valence-electron chi connectivity index (χ0n) is 12.6. The Bertz CT molecular complexity index is 560. The third-order valence-electron chi connectivity index (χ3n) is 3.13. The minimum Gasteiger partial charge on any atom is -0.344 e. The number of hydrogen-bond acceptors (Lipinski definition) is 6. The van der Waals surface area contributed by atoms with E-state index in [0.29, 0.717) is 0 Å². The van der Waals surface area contributed by atoms with Crippen LogP contribution in [0.1, 0.15) is 13.8 Å². The molecule has 0 bridgehead atoms. The lowest BCUT2D eigenvalue weighted by Gasteiger charge is -2.33. The molecule has 5 atom stereocenters. The molecule has 2 aliphatic heterocycles. The lowest BCUT2D eigenvalue weighted by atomic mass is 10.1. The van der Waals surface area contributed by atoms with Gasteiger partial charge in [-0.25, -0.2) is 18.7 Å². The average molecular weight is 371 g/mol. The van der Waals surface area contributed by atoms with Crippen LogP contribution in [0.5, 0.6) is 0 Å². The van der Waals surface area contributed by atoms with Crippen molar-refractivity contribution < 1.29 is 32.1 Å². The van der Waals surface area contributed by atoms with Crippen LogP contribution in [0.15, 0.2) is 17.8 Å². The second-order valence-corrected chi connectivity index (χ2v) is 7.31. The molecule has 0 unspecified atom stereocenters. The van der Waals surface area contributed by atoms with Crippen LogP contribution in [0.2, 0.25) is 0 Å². The first-order valence-electron chi connectivity index (χ1n) is 6.71. The number of hydrogen-bond donors (Lipinski definition) is 0. The van der Waals surface area contributed by atoms with Crippen LogP contribution in [0, 0.1) is 0 Å². The molecule has 23 heavy (non-hydrogen) atoms. The van der Waals surface area contributed by atoms with Gasteiger partial charge in [0.25, 0.3) is 5.13 Å². The van der Waals surface area contributed by atoms with E-state index in [4.69, 9.17) is 29.9 Å². The highest BCUT2D eigenvalue weighted by Crippen LogP contribution is 2.59. The van der Waals surface area contributed by atoms with Gasteiger partial charge in [-0.3, -0.25) is 18.5 Å². The number of phosphoric ester groups is 1. The molecule has 2 heterocycles. The Hall–Kier alpha value is -0.830. The molecule has 0 aromatic carbocycles. The van der Waals surface area contributed by atoms with Gasteiger partial charge in [0.05, 0.1) is 12.7 Å². The van der Waals surface area contributed by atoms with Crippen molar-refractivity contribution in [3.05, 3.63) is 12.8 Å². The van der Waals surface area contributed by atoms with Crippen molar-refractivity contribution in [2.75, 3.05) is 6.61 Å². The van der Waals surface area contributed by atoms with Crippen LogP contribution in [-0.2, 0) is 22.9 Å². The number of phosphoric acid groups is 1. The van der Waals surface area contributed by atoms with E-state index >= 15 is 4.39 Å². The molecule has 130 valence electrons. The van der Waals surface area contributed by atoms with Gasteiger partial charge < -0.3 is 4.74 Å². The van der Waals surface area contributed by atoms with Crippen LogP contribution in [0.3, 0.4) is 0 Å². The van der Waals surface area contributed by atoms with Crippen LogP contribution in [0.25, 0.3) is 0 Å². The van der Waals surface area contributed by atoms with Crippen LogP contribution in [-0.4, -0.2) is 53.9 Å².